The fourth-order valence-corrected chi connectivity index (χ4v) is 1.25. The van der Waals surface area contributed by atoms with Crippen LogP contribution in [-0.2, 0) is 4.79 Å². The number of phenols is 1. The predicted molar refractivity (Wildman–Crippen MR) is 51.9 cm³/mol. The maximum absolute atomic E-state index is 10.4. The van der Waals surface area contributed by atoms with Gasteiger partial charge in [0.25, 0.3) is 0 Å². The van der Waals surface area contributed by atoms with Gasteiger partial charge in [-0.25, -0.2) is 0 Å². The first-order valence-corrected chi connectivity index (χ1v) is 4.31. The van der Waals surface area contributed by atoms with E-state index in [2.05, 4.69) is 0 Å². The third kappa shape index (κ3) is 2.85. The van der Waals surface area contributed by atoms with Gasteiger partial charge in [-0.15, -0.1) is 0 Å². The van der Waals surface area contributed by atoms with Crippen molar-refractivity contribution in [1.82, 2.24) is 0 Å². The van der Waals surface area contributed by atoms with E-state index in [1.54, 1.807) is 0 Å². The van der Waals surface area contributed by atoms with Gasteiger partial charge in [0.2, 0.25) is 0 Å². The Balaban J connectivity index is 2.97. The molecule has 0 heterocycles. The first-order valence-electron chi connectivity index (χ1n) is 4.31. The number of methoxy groups -OCH3 is 1. The summed E-state index contributed by atoms with van der Waals surface area (Å²) in [6.45, 7) is 0. The van der Waals surface area contributed by atoms with E-state index in [-0.39, 0.29) is 11.5 Å². The molecule has 0 bridgehead atoms. The molecule has 1 unspecified atom stereocenters. The van der Waals surface area contributed by atoms with E-state index in [4.69, 9.17) is 14.9 Å². The van der Waals surface area contributed by atoms with Gasteiger partial charge in [0.1, 0.15) is 11.5 Å². The molecule has 0 saturated heterocycles. The number of carboxylic acids is 1. The number of hydrogen-bond acceptors (Lipinski definition) is 4. The van der Waals surface area contributed by atoms with E-state index in [0.29, 0.717) is 5.56 Å². The number of carbonyl (C=O) groups is 1. The molecule has 0 saturated carbocycles. The number of carboxylic acid groups (broad SMARTS) is 1. The summed E-state index contributed by atoms with van der Waals surface area (Å²) < 4.78 is 4.92. The topological polar surface area (TPSA) is 87.0 Å². The number of aliphatic carboxylic acids is 1. The highest BCUT2D eigenvalue weighted by molar-refractivity contribution is 5.68. The third-order valence-electron chi connectivity index (χ3n) is 1.94. The number of aliphatic hydroxyl groups excluding tert-OH is 1. The van der Waals surface area contributed by atoms with E-state index >= 15 is 0 Å². The Morgan fingerprint density at radius 3 is 2.73 bits per heavy atom. The zero-order valence-corrected chi connectivity index (χ0v) is 8.17. The molecule has 1 atom stereocenters. The Morgan fingerprint density at radius 2 is 2.20 bits per heavy atom. The molecule has 82 valence electrons. The van der Waals surface area contributed by atoms with Crippen molar-refractivity contribution < 1.29 is 24.9 Å². The van der Waals surface area contributed by atoms with E-state index in [0.717, 1.165) is 0 Å². The van der Waals surface area contributed by atoms with Crippen LogP contribution in [0.1, 0.15) is 18.1 Å². The van der Waals surface area contributed by atoms with E-state index < -0.39 is 18.5 Å². The average Bonchev–Trinajstić information content (AvgIpc) is 2.16. The fourth-order valence-electron chi connectivity index (χ4n) is 1.25. The summed E-state index contributed by atoms with van der Waals surface area (Å²) in [4.78, 5) is 10.4. The van der Waals surface area contributed by atoms with Crippen molar-refractivity contribution in [1.29, 1.82) is 0 Å². The van der Waals surface area contributed by atoms with Crippen molar-refractivity contribution >= 4 is 5.97 Å². The summed E-state index contributed by atoms with van der Waals surface area (Å²) in [6.07, 6.45) is -1.54. The molecule has 0 amide bonds. The van der Waals surface area contributed by atoms with Gasteiger partial charge in [-0.2, -0.15) is 0 Å². The fraction of sp³-hybridized carbons (Fsp3) is 0.300. The van der Waals surface area contributed by atoms with Crippen LogP contribution in [0.15, 0.2) is 18.2 Å². The van der Waals surface area contributed by atoms with Gasteiger partial charge in [-0.1, -0.05) is 0 Å². The van der Waals surface area contributed by atoms with Gasteiger partial charge in [-0.3, -0.25) is 4.79 Å². The lowest BCUT2D eigenvalue weighted by Crippen LogP contribution is -2.06. The van der Waals surface area contributed by atoms with Crippen LogP contribution in [0.3, 0.4) is 0 Å². The van der Waals surface area contributed by atoms with Crippen molar-refractivity contribution in [3.8, 4) is 11.5 Å². The average molecular weight is 212 g/mol. The molecule has 0 fully saturated rings. The molecule has 0 aliphatic heterocycles. The zero-order valence-electron chi connectivity index (χ0n) is 8.17. The minimum Gasteiger partial charge on any atom is -0.508 e. The maximum atomic E-state index is 10.4. The molecule has 0 aliphatic rings. The summed E-state index contributed by atoms with van der Waals surface area (Å²) in [5.41, 5.74) is 0.345. The number of aliphatic hydroxyl groups is 1. The standard InChI is InChI=1S/C10H12O5/c1-15-9-4-6(11)2-3-7(9)8(12)5-10(13)14/h2-4,8,11-12H,5H2,1H3,(H,13,14). The minimum absolute atomic E-state index is 0.00174. The first-order chi connectivity index (χ1) is 7.04. The van der Waals surface area contributed by atoms with Crippen LogP contribution >= 0.6 is 0 Å². The number of hydrogen-bond donors (Lipinski definition) is 3. The van der Waals surface area contributed by atoms with E-state index in [1.807, 2.05) is 0 Å². The molecular formula is C10H12O5. The van der Waals surface area contributed by atoms with Crippen LogP contribution in [-0.4, -0.2) is 28.4 Å². The first kappa shape index (κ1) is 11.3. The summed E-state index contributed by atoms with van der Waals surface area (Å²) in [5, 5.41) is 27.2. The lowest BCUT2D eigenvalue weighted by Gasteiger charge is -2.13. The summed E-state index contributed by atoms with van der Waals surface area (Å²) in [7, 11) is 1.38. The van der Waals surface area contributed by atoms with Crippen molar-refractivity contribution in [2.75, 3.05) is 7.11 Å². The molecule has 0 aliphatic carbocycles. The normalized spacial score (nSPS) is 12.1. The molecule has 5 heteroatoms. The van der Waals surface area contributed by atoms with E-state index in [1.165, 1.54) is 25.3 Å². The summed E-state index contributed by atoms with van der Waals surface area (Å²) in [5.74, 6) is -0.834. The maximum Gasteiger partial charge on any atom is 0.306 e. The predicted octanol–water partition coefficient (Wildman–Crippen LogP) is 0.909. The second kappa shape index (κ2) is 4.65. The van der Waals surface area contributed by atoms with Gasteiger partial charge >= 0.3 is 5.97 Å². The van der Waals surface area contributed by atoms with Gasteiger partial charge in [0, 0.05) is 11.6 Å². The number of rotatable bonds is 4. The Morgan fingerprint density at radius 1 is 1.53 bits per heavy atom. The minimum atomic E-state index is -1.14. The van der Waals surface area contributed by atoms with Crippen molar-refractivity contribution in [3.63, 3.8) is 0 Å². The molecule has 0 radical (unpaired) electrons. The van der Waals surface area contributed by atoms with Gasteiger partial charge < -0.3 is 20.1 Å². The van der Waals surface area contributed by atoms with Crippen molar-refractivity contribution in [2.24, 2.45) is 0 Å². The van der Waals surface area contributed by atoms with Crippen molar-refractivity contribution in [3.05, 3.63) is 23.8 Å². The Labute approximate surface area is 86.5 Å². The second-order valence-electron chi connectivity index (χ2n) is 3.04. The number of ether oxygens (including phenoxy) is 1. The van der Waals surface area contributed by atoms with Crippen LogP contribution < -0.4 is 4.74 Å². The third-order valence-corrected chi connectivity index (χ3v) is 1.94. The Kier molecular flexibility index (Phi) is 3.51. The highest BCUT2D eigenvalue weighted by Gasteiger charge is 2.16. The van der Waals surface area contributed by atoms with Gasteiger partial charge in [0.05, 0.1) is 19.6 Å². The second-order valence-corrected chi connectivity index (χ2v) is 3.04. The number of phenolic OH excluding ortho intramolecular Hbond substituents is 1. The van der Waals surface area contributed by atoms with Crippen LogP contribution in [0.2, 0.25) is 0 Å². The monoisotopic (exact) mass is 212 g/mol. The molecule has 1 aromatic rings. The number of benzene rings is 1. The Hall–Kier alpha value is -1.75. The highest BCUT2D eigenvalue weighted by Crippen LogP contribution is 2.30. The SMILES string of the molecule is COc1cc(O)ccc1C(O)CC(=O)O. The number of aromatic hydroxyl groups is 1. The summed E-state index contributed by atoms with van der Waals surface area (Å²) in [6, 6.07) is 4.12. The van der Waals surface area contributed by atoms with Crippen LogP contribution in [0.25, 0.3) is 0 Å². The van der Waals surface area contributed by atoms with Gasteiger partial charge in [0.15, 0.2) is 0 Å². The molecule has 0 aromatic heterocycles. The molecule has 1 aromatic carbocycles. The smallest absolute Gasteiger partial charge is 0.306 e. The molecule has 0 spiro atoms. The lowest BCUT2D eigenvalue weighted by atomic mass is 10.1. The van der Waals surface area contributed by atoms with E-state index in [9.17, 15) is 9.90 Å². The zero-order chi connectivity index (χ0) is 11.4. The largest absolute Gasteiger partial charge is 0.508 e. The molecular weight excluding hydrogens is 200 g/mol. The van der Waals surface area contributed by atoms with Crippen molar-refractivity contribution in [2.45, 2.75) is 12.5 Å². The Bertz CT molecular complexity index is 361. The quantitative estimate of drug-likeness (QED) is 0.690. The lowest BCUT2D eigenvalue weighted by molar-refractivity contribution is -0.139. The van der Waals surface area contributed by atoms with Crippen LogP contribution in [0.4, 0.5) is 0 Å². The molecule has 3 N–H and O–H groups in total. The molecule has 15 heavy (non-hydrogen) atoms. The molecule has 1 rings (SSSR count). The van der Waals surface area contributed by atoms with Crippen LogP contribution in [0, 0.1) is 0 Å². The van der Waals surface area contributed by atoms with Crippen LogP contribution in [0.5, 0.6) is 11.5 Å². The summed E-state index contributed by atoms with van der Waals surface area (Å²) >= 11 is 0. The van der Waals surface area contributed by atoms with Gasteiger partial charge in [-0.05, 0) is 12.1 Å². The highest BCUT2D eigenvalue weighted by atomic mass is 16.5. The molecule has 5 nitrogen and oxygen atoms in total.